The first-order chi connectivity index (χ1) is 27.7. The van der Waals surface area contributed by atoms with Gasteiger partial charge in [-0.15, -0.1) is 0 Å². The number of fused-ring (bicyclic) bond motifs is 2. The zero-order valence-electron chi connectivity index (χ0n) is 33.0. The van der Waals surface area contributed by atoms with Gasteiger partial charge in [0.1, 0.15) is 0 Å². The summed E-state index contributed by atoms with van der Waals surface area (Å²) >= 11 is 13.2. The van der Waals surface area contributed by atoms with Crippen molar-refractivity contribution in [2.75, 3.05) is 43.1 Å². The lowest BCUT2D eigenvalue weighted by Crippen LogP contribution is -2.38. The average molecular weight is 846 g/mol. The van der Waals surface area contributed by atoms with Crippen molar-refractivity contribution in [2.45, 2.75) is 65.5 Å². The number of halogens is 2. The van der Waals surface area contributed by atoms with Crippen LogP contribution in [0.5, 0.6) is 0 Å². The van der Waals surface area contributed by atoms with Crippen LogP contribution in [-0.2, 0) is 10.0 Å². The Hall–Kier alpha value is -4.93. The Morgan fingerprint density at radius 2 is 1.07 bits per heavy atom. The molecule has 3 N–H and O–H groups in total. The van der Waals surface area contributed by atoms with Crippen molar-refractivity contribution < 1.29 is 18.0 Å². The van der Waals surface area contributed by atoms with Gasteiger partial charge in [0, 0.05) is 36.9 Å². The van der Waals surface area contributed by atoms with E-state index < -0.39 is 10.0 Å². The number of nitrogens with zero attached hydrogens (tertiary/aromatic N) is 7. The minimum atomic E-state index is -3.20. The molecule has 8 rings (SSSR count). The summed E-state index contributed by atoms with van der Waals surface area (Å²) in [5.41, 5.74) is 7.11. The number of sulfonamides is 1. The van der Waals surface area contributed by atoms with Gasteiger partial charge in [-0.25, -0.2) is 32.1 Å². The number of carbonyl (C=O) groups is 2. The fraction of sp³-hybridized carbons (Fsp3) is 0.366. The quantitative estimate of drug-likeness (QED) is 0.148. The molecule has 0 bridgehead atoms. The van der Waals surface area contributed by atoms with Crippen LogP contribution in [0.15, 0.2) is 60.9 Å². The zero-order chi connectivity index (χ0) is 41.3. The van der Waals surface area contributed by atoms with E-state index in [4.69, 9.17) is 23.2 Å². The molecule has 58 heavy (non-hydrogen) atoms. The summed E-state index contributed by atoms with van der Waals surface area (Å²) in [5, 5.41) is 20.5. The predicted octanol–water partition coefficient (Wildman–Crippen LogP) is 7.43. The molecule has 17 heteroatoms. The fourth-order valence-electron chi connectivity index (χ4n) is 7.43. The summed E-state index contributed by atoms with van der Waals surface area (Å²) in [7, 11) is -3.20. The molecule has 0 aliphatic carbocycles. The third kappa shape index (κ3) is 8.73. The van der Waals surface area contributed by atoms with Crippen molar-refractivity contribution in [3.8, 4) is 0 Å². The Morgan fingerprint density at radius 3 is 1.47 bits per heavy atom. The third-order valence-electron chi connectivity index (χ3n) is 10.7. The minimum Gasteiger partial charge on any atom is -0.322 e. The van der Waals surface area contributed by atoms with Gasteiger partial charge in [-0.3, -0.25) is 9.59 Å². The van der Waals surface area contributed by atoms with E-state index in [2.05, 4.69) is 36.1 Å². The van der Waals surface area contributed by atoms with Crippen molar-refractivity contribution in [3.05, 3.63) is 105 Å². The maximum absolute atomic E-state index is 12.8. The summed E-state index contributed by atoms with van der Waals surface area (Å²) in [6.07, 6.45) is 7.53. The molecule has 304 valence electrons. The van der Waals surface area contributed by atoms with Gasteiger partial charge < -0.3 is 16.0 Å². The molecule has 6 heterocycles. The number of nitrogens with one attached hydrogen (secondary N) is 3. The highest BCUT2D eigenvalue weighted by Crippen LogP contribution is 2.34. The van der Waals surface area contributed by atoms with Crippen LogP contribution in [0.3, 0.4) is 0 Å². The van der Waals surface area contributed by atoms with Crippen molar-refractivity contribution in [1.29, 1.82) is 0 Å². The van der Waals surface area contributed by atoms with Crippen molar-refractivity contribution in [1.82, 2.24) is 39.2 Å². The normalized spacial score (nSPS) is 15.6. The van der Waals surface area contributed by atoms with Gasteiger partial charge in [0.15, 0.2) is 11.3 Å². The van der Waals surface area contributed by atoms with Crippen LogP contribution in [-0.4, -0.2) is 86.5 Å². The van der Waals surface area contributed by atoms with Gasteiger partial charge in [0.2, 0.25) is 10.0 Å². The Morgan fingerprint density at radius 1 is 0.672 bits per heavy atom. The number of rotatable bonds is 7. The number of hydrogen-bond acceptors (Lipinski definition) is 9. The Bertz CT molecular complexity index is 2600. The number of aromatic nitrogens is 6. The molecule has 2 aliphatic rings. The first-order valence-electron chi connectivity index (χ1n) is 19.2. The minimum absolute atomic E-state index is 0.0185. The molecule has 2 saturated heterocycles. The lowest BCUT2D eigenvalue weighted by Gasteiger charge is -2.30. The molecular weight excluding hydrogens is 799 g/mol. The van der Waals surface area contributed by atoms with Gasteiger partial charge in [-0.1, -0.05) is 58.6 Å². The van der Waals surface area contributed by atoms with E-state index in [-0.39, 0.29) is 23.4 Å². The second-order valence-corrected chi connectivity index (χ2v) is 17.7. The van der Waals surface area contributed by atoms with Gasteiger partial charge in [0.25, 0.3) is 11.8 Å². The molecule has 4 aromatic heterocycles. The maximum atomic E-state index is 12.8. The van der Waals surface area contributed by atoms with Gasteiger partial charge >= 0.3 is 0 Å². The topological polar surface area (TPSA) is 169 Å². The Labute approximate surface area is 347 Å². The number of carbonyl (C=O) groups excluding carboxylic acids is 2. The number of hydrogen-bond donors (Lipinski definition) is 3. The zero-order valence-corrected chi connectivity index (χ0v) is 35.3. The fourth-order valence-corrected chi connectivity index (χ4v) is 9.02. The number of amides is 2. The largest absolute Gasteiger partial charge is 0.322 e. The summed E-state index contributed by atoms with van der Waals surface area (Å²) in [6, 6.07) is 15.5. The lowest BCUT2D eigenvalue weighted by atomic mass is 10.1. The van der Waals surface area contributed by atoms with Crippen LogP contribution >= 0.6 is 23.2 Å². The van der Waals surface area contributed by atoms with E-state index in [1.807, 2.05) is 85.6 Å². The molecule has 2 amide bonds. The number of piperidine rings is 2. The number of pyridine rings is 2. The van der Waals surface area contributed by atoms with Gasteiger partial charge in [-0.2, -0.15) is 10.2 Å². The molecule has 6 aromatic rings. The lowest BCUT2D eigenvalue weighted by molar-refractivity contribution is 0.101. The second-order valence-electron chi connectivity index (χ2n) is 14.9. The van der Waals surface area contributed by atoms with Crippen LogP contribution in [0.1, 0.15) is 81.0 Å². The molecule has 0 saturated carbocycles. The maximum Gasteiger partial charge on any atom is 0.258 e. The third-order valence-corrected chi connectivity index (χ3v) is 12.8. The molecule has 2 fully saturated rings. The highest BCUT2D eigenvalue weighted by Gasteiger charge is 2.29. The van der Waals surface area contributed by atoms with Gasteiger partial charge in [-0.05, 0) is 90.7 Å². The standard InChI is InChI=1S/C21H24ClN5O3S.C20H22ClN5O/c1-13-4-6-15(7-5-13)24-21(28)17-12-23-20-18(19(17)22)14(2)25-27(20)16-8-10-26(11-9-16)31(3,29)30;1-12-3-5-14(6-4-12)24-20(27)16-11-23-19-17(18(16)21)13(2)25-26(19)15-7-9-22-10-8-15/h4-7,12,16H,8-11H2,1-3H3,(H,24,28);3-6,11,15,22H,7-10H2,1-2H3,(H,24,27). The molecular formula is C41H46Cl2N10O4S. The smallest absolute Gasteiger partial charge is 0.258 e. The first-order valence-corrected chi connectivity index (χ1v) is 21.8. The summed E-state index contributed by atoms with van der Waals surface area (Å²) in [5.74, 6) is -0.607. The van der Waals surface area contributed by atoms with E-state index in [1.54, 1.807) is 6.20 Å². The summed E-state index contributed by atoms with van der Waals surface area (Å²) < 4.78 is 28.8. The molecule has 0 atom stereocenters. The Balaban J connectivity index is 0.000000178. The van der Waals surface area contributed by atoms with E-state index in [9.17, 15) is 18.0 Å². The van der Waals surface area contributed by atoms with Crippen LogP contribution in [0, 0.1) is 27.7 Å². The van der Waals surface area contributed by atoms with Crippen LogP contribution in [0.4, 0.5) is 11.4 Å². The molecule has 2 aromatic carbocycles. The molecule has 0 unspecified atom stereocenters. The van der Waals surface area contributed by atoms with Crippen LogP contribution in [0.2, 0.25) is 10.0 Å². The number of benzene rings is 2. The molecule has 2 aliphatic heterocycles. The van der Waals surface area contributed by atoms with E-state index in [1.165, 1.54) is 16.8 Å². The Kier molecular flexibility index (Phi) is 12.2. The van der Waals surface area contributed by atoms with Crippen molar-refractivity contribution in [3.63, 3.8) is 0 Å². The first kappa shape index (κ1) is 41.2. The number of aryl methyl sites for hydroxylation is 4. The second kappa shape index (κ2) is 17.1. The summed E-state index contributed by atoms with van der Waals surface area (Å²) in [6.45, 7) is 10.5. The van der Waals surface area contributed by atoms with Crippen LogP contribution in [0.25, 0.3) is 22.1 Å². The predicted molar refractivity (Wildman–Crippen MR) is 229 cm³/mol. The summed E-state index contributed by atoms with van der Waals surface area (Å²) in [4.78, 5) is 34.6. The average Bonchev–Trinajstić information content (AvgIpc) is 3.74. The molecule has 0 spiro atoms. The molecule has 14 nitrogen and oxygen atoms in total. The van der Waals surface area contributed by atoms with E-state index in [0.29, 0.717) is 70.0 Å². The highest BCUT2D eigenvalue weighted by atomic mass is 35.5. The van der Waals surface area contributed by atoms with Gasteiger partial charge in [0.05, 0.1) is 61.7 Å². The van der Waals surface area contributed by atoms with Crippen LogP contribution < -0.4 is 16.0 Å². The SMILES string of the molecule is Cc1ccc(NC(=O)c2cnc3c(c(C)nn3C3CCN(S(C)(=O)=O)CC3)c2Cl)cc1.Cc1ccc(NC(=O)c2cnc3c(c(C)nn3C3CCNCC3)c2Cl)cc1. The van der Waals surface area contributed by atoms with Crippen molar-refractivity contribution >= 4 is 78.5 Å². The van der Waals surface area contributed by atoms with Crippen molar-refractivity contribution in [2.24, 2.45) is 0 Å². The van der Waals surface area contributed by atoms with E-state index >= 15 is 0 Å². The highest BCUT2D eigenvalue weighted by molar-refractivity contribution is 7.88. The van der Waals surface area contributed by atoms with E-state index in [0.717, 1.165) is 59.5 Å². The molecule has 0 radical (unpaired) electrons. The monoisotopic (exact) mass is 844 g/mol. The number of anilines is 2.